The predicted octanol–water partition coefficient (Wildman–Crippen LogP) is 3.91. The Bertz CT molecular complexity index is 1210. The van der Waals surface area contributed by atoms with Crippen molar-refractivity contribution in [1.29, 1.82) is 0 Å². The van der Waals surface area contributed by atoms with E-state index in [2.05, 4.69) is 37.1 Å². The number of carboxylic acids is 1. The molecule has 10 nitrogen and oxygen atoms in total. The summed E-state index contributed by atoms with van der Waals surface area (Å²) in [5, 5.41) is 12.5. The first-order valence-electron chi connectivity index (χ1n) is 10.8. The van der Waals surface area contributed by atoms with Gasteiger partial charge in [0.25, 0.3) is 6.47 Å². The first kappa shape index (κ1) is 24.7. The van der Waals surface area contributed by atoms with Crippen molar-refractivity contribution in [2.75, 3.05) is 25.2 Å². The van der Waals surface area contributed by atoms with Crippen LogP contribution in [0.1, 0.15) is 18.4 Å². The van der Waals surface area contributed by atoms with Crippen LogP contribution in [-0.4, -0.2) is 58.3 Å². The van der Waals surface area contributed by atoms with E-state index in [4.69, 9.17) is 26.2 Å². The smallest absolute Gasteiger partial charge is 0.331 e. The fourth-order valence-electron chi connectivity index (χ4n) is 3.80. The zero-order valence-corrected chi connectivity index (χ0v) is 20.1. The highest BCUT2D eigenvalue weighted by atomic mass is 35.5. The van der Waals surface area contributed by atoms with Crippen molar-refractivity contribution < 1.29 is 28.9 Å². The molecule has 2 aromatic heterocycles. The van der Waals surface area contributed by atoms with Crippen molar-refractivity contribution in [3.8, 4) is 11.5 Å². The van der Waals surface area contributed by atoms with Crippen LogP contribution in [0.25, 0.3) is 10.2 Å². The molecular formula is C23H23ClN4O6S. The van der Waals surface area contributed by atoms with E-state index in [-0.39, 0.29) is 6.47 Å². The Morgan fingerprint density at radius 1 is 1.26 bits per heavy atom. The van der Waals surface area contributed by atoms with Crippen molar-refractivity contribution >= 4 is 51.4 Å². The lowest BCUT2D eigenvalue weighted by molar-refractivity contribution is -0.131. The Hall–Kier alpha value is -3.41. The number of benzene rings is 1. The van der Waals surface area contributed by atoms with E-state index < -0.39 is 5.97 Å². The first-order chi connectivity index (χ1) is 17.0. The van der Waals surface area contributed by atoms with Crippen LogP contribution >= 0.6 is 22.9 Å². The molecule has 0 unspecified atom stereocenters. The third kappa shape index (κ3) is 6.81. The molecule has 0 bridgehead atoms. The van der Waals surface area contributed by atoms with Crippen LogP contribution < -0.4 is 14.8 Å². The summed E-state index contributed by atoms with van der Waals surface area (Å²) in [7, 11) is 0. The molecule has 0 radical (unpaired) electrons. The molecule has 3 aromatic rings. The quantitative estimate of drug-likeness (QED) is 0.270. The largest absolute Gasteiger partial charge is 0.478 e. The monoisotopic (exact) mass is 518 g/mol. The number of nitrogens with zero attached hydrogens (tertiary/aromatic N) is 3. The van der Waals surface area contributed by atoms with Gasteiger partial charge in [-0.3, -0.25) is 9.69 Å². The number of carboxylic acid groups (broad SMARTS) is 1. The normalized spacial score (nSPS) is 15.6. The zero-order valence-electron chi connectivity index (χ0n) is 18.6. The highest BCUT2D eigenvalue weighted by Gasteiger charge is 2.21. The number of likely N-dealkylation sites (tertiary alicyclic amines) is 1. The molecule has 0 spiro atoms. The number of hydrogen-bond donors (Lipinski definition) is 2. The Morgan fingerprint density at radius 2 is 2.06 bits per heavy atom. The second-order valence-corrected chi connectivity index (χ2v) is 9.41. The molecule has 35 heavy (non-hydrogen) atoms. The van der Waals surface area contributed by atoms with Gasteiger partial charge in [-0.05, 0) is 36.6 Å². The van der Waals surface area contributed by atoms with Gasteiger partial charge in [0.1, 0.15) is 23.2 Å². The van der Waals surface area contributed by atoms with E-state index in [1.165, 1.54) is 16.9 Å². The van der Waals surface area contributed by atoms with E-state index in [1.54, 1.807) is 6.33 Å². The summed E-state index contributed by atoms with van der Waals surface area (Å²) in [6.45, 7) is 3.48. The third-order valence-electron chi connectivity index (χ3n) is 5.42. The number of carbonyl (C=O) groups excluding carboxylic acids is 1. The van der Waals surface area contributed by atoms with Crippen LogP contribution in [0.5, 0.6) is 11.5 Å². The lowest BCUT2D eigenvalue weighted by Crippen LogP contribution is -2.38. The minimum Gasteiger partial charge on any atom is -0.478 e. The maximum Gasteiger partial charge on any atom is 0.331 e. The van der Waals surface area contributed by atoms with Gasteiger partial charge in [-0.15, -0.1) is 11.3 Å². The van der Waals surface area contributed by atoms with Crippen molar-refractivity contribution in [3.63, 3.8) is 0 Å². The van der Waals surface area contributed by atoms with Gasteiger partial charge >= 0.3 is 5.97 Å². The van der Waals surface area contributed by atoms with Crippen molar-refractivity contribution in [2.45, 2.75) is 25.4 Å². The minimum absolute atomic E-state index is 0.138. The number of nitrogens with one attached hydrogen (secondary N) is 1. The Kier molecular flexibility index (Phi) is 8.35. The van der Waals surface area contributed by atoms with Crippen molar-refractivity contribution in [1.82, 2.24) is 14.9 Å². The summed E-state index contributed by atoms with van der Waals surface area (Å²) >= 11 is 7.61. The summed E-state index contributed by atoms with van der Waals surface area (Å²) in [6, 6.07) is 8.56. The van der Waals surface area contributed by atoms with Gasteiger partial charge < -0.3 is 24.6 Å². The molecule has 0 saturated carbocycles. The van der Waals surface area contributed by atoms with E-state index in [0.29, 0.717) is 18.9 Å². The standard InChI is InChI=1S/C19H19ClN4O2S.C4H4O4/c20-17-8-14-18(21-10-22-19(14)27-17)23-13-3-5-24(6-4-13)9-12-1-2-15-16(7-12)26-11-25-15;5-3-8-2-1-4(6)7/h1-2,7-8,10,13H,3-6,9,11H2,(H,21,22,23);1-3H,(H,6,7)/b;2-1-. The summed E-state index contributed by atoms with van der Waals surface area (Å²) in [5.41, 5.74) is 1.26. The van der Waals surface area contributed by atoms with Gasteiger partial charge in [0.2, 0.25) is 6.79 Å². The van der Waals surface area contributed by atoms with E-state index >= 15 is 0 Å². The third-order valence-corrected chi connectivity index (χ3v) is 6.59. The van der Waals surface area contributed by atoms with E-state index in [0.717, 1.165) is 70.6 Å². The van der Waals surface area contributed by atoms with Gasteiger partial charge in [-0.25, -0.2) is 14.8 Å². The molecule has 5 rings (SSSR count). The number of thiophene rings is 1. The predicted molar refractivity (Wildman–Crippen MR) is 131 cm³/mol. The number of anilines is 1. The van der Waals surface area contributed by atoms with Gasteiger partial charge in [0, 0.05) is 25.7 Å². The van der Waals surface area contributed by atoms with Gasteiger partial charge in [-0.1, -0.05) is 17.7 Å². The SMILES string of the molecule is Clc1cc2c(NC3CCN(Cc4ccc5c(c4)OCO5)CC3)ncnc2s1.O=CO/C=C\C(=O)O. The fourth-order valence-corrected chi connectivity index (χ4v) is 4.85. The average Bonchev–Trinajstić information content (AvgIpc) is 3.46. The Labute approximate surface area is 210 Å². The van der Waals surface area contributed by atoms with Crippen LogP contribution in [0, 0.1) is 0 Å². The number of piperidine rings is 1. The van der Waals surface area contributed by atoms with Crippen LogP contribution in [0.15, 0.2) is 42.9 Å². The van der Waals surface area contributed by atoms with Crippen LogP contribution in [0.4, 0.5) is 5.82 Å². The highest BCUT2D eigenvalue weighted by Crippen LogP contribution is 2.34. The summed E-state index contributed by atoms with van der Waals surface area (Å²) in [4.78, 5) is 31.0. The summed E-state index contributed by atoms with van der Waals surface area (Å²) in [6.07, 6.45) is 5.26. The molecule has 0 amide bonds. The molecule has 0 aliphatic carbocycles. The van der Waals surface area contributed by atoms with E-state index in [1.807, 2.05) is 12.1 Å². The van der Waals surface area contributed by atoms with Crippen LogP contribution in [0.2, 0.25) is 4.34 Å². The van der Waals surface area contributed by atoms with Gasteiger partial charge in [-0.2, -0.15) is 0 Å². The lowest BCUT2D eigenvalue weighted by Gasteiger charge is -2.32. The minimum atomic E-state index is -1.15. The zero-order chi connectivity index (χ0) is 24.6. The summed E-state index contributed by atoms with van der Waals surface area (Å²) in [5.74, 6) is 1.43. The molecular weight excluding hydrogens is 496 g/mol. The van der Waals surface area contributed by atoms with Crippen molar-refractivity contribution in [3.05, 3.63) is 52.8 Å². The molecule has 2 N–H and O–H groups in total. The van der Waals surface area contributed by atoms with Crippen LogP contribution in [-0.2, 0) is 20.9 Å². The maximum atomic E-state index is 9.59. The molecule has 1 fully saturated rings. The number of aromatic nitrogens is 2. The maximum absolute atomic E-state index is 9.59. The molecule has 184 valence electrons. The van der Waals surface area contributed by atoms with Crippen LogP contribution in [0.3, 0.4) is 0 Å². The second-order valence-electron chi connectivity index (χ2n) is 7.75. The topological polar surface area (TPSA) is 123 Å². The van der Waals surface area contributed by atoms with Gasteiger partial charge in [0.05, 0.1) is 15.8 Å². The molecule has 2 aliphatic heterocycles. The van der Waals surface area contributed by atoms with Gasteiger partial charge in [0.15, 0.2) is 11.5 Å². The van der Waals surface area contributed by atoms with E-state index in [9.17, 15) is 9.59 Å². The second kappa shape index (κ2) is 11.8. The lowest BCUT2D eigenvalue weighted by atomic mass is 10.0. The number of fused-ring (bicyclic) bond motifs is 2. The number of rotatable bonds is 7. The molecule has 2 aliphatic rings. The fraction of sp³-hybridized carbons (Fsp3) is 0.304. The first-order valence-corrected chi connectivity index (χ1v) is 12.0. The summed E-state index contributed by atoms with van der Waals surface area (Å²) < 4.78 is 15.5. The Morgan fingerprint density at radius 3 is 2.83 bits per heavy atom. The van der Waals surface area contributed by atoms with Crippen molar-refractivity contribution in [2.24, 2.45) is 0 Å². The number of aliphatic carboxylic acids is 1. The number of halogens is 1. The average molecular weight is 519 g/mol. The number of ether oxygens (including phenoxy) is 3. The molecule has 1 saturated heterocycles. The Balaban J connectivity index is 0.000000314. The number of hydrogen-bond acceptors (Lipinski definition) is 10. The highest BCUT2D eigenvalue weighted by molar-refractivity contribution is 7.22. The molecule has 1 aromatic carbocycles. The molecule has 4 heterocycles. The number of carbonyl (C=O) groups is 2. The molecule has 12 heteroatoms. The molecule has 0 atom stereocenters.